The van der Waals surface area contributed by atoms with Crippen molar-refractivity contribution in [2.45, 2.75) is 12.4 Å². The predicted molar refractivity (Wildman–Crippen MR) is 99.7 cm³/mol. The summed E-state index contributed by atoms with van der Waals surface area (Å²) in [5.41, 5.74) is 2.64. The van der Waals surface area contributed by atoms with Crippen LogP contribution in [0, 0.1) is 0 Å². The molecule has 30 heavy (non-hydrogen) atoms. The molecular weight excluding hydrogens is 403 g/mol. The molecule has 0 radical (unpaired) electrons. The minimum Gasteiger partial charge on any atom is -0.406 e. The van der Waals surface area contributed by atoms with Crippen molar-refractivity contribution in [2.75, 3.05) is 26.2 Å². The molecule has 10 heteroatoms. The van der Waals surface area contributed by atoms with Gasteiger partial charge in [-0.3, -0.25) is 19.7 Å². The summed E-state index contributed by atoms with van der Waals surface area (Å²) in [7, 11) is 0. The van der Waals surface area contributed by atoms with Crippen molar-refractivity contribution < 1.29 is 32.7 Å². The molecule has 2 N–H and O–H groups in total. The molecule has 160 valence electrons. The number of carbonyl (C=O) groups is 2. The molecule has 1 aliphatic rings. The minimum absolute atomic E-state index is 0.241. The molecule has 1 aliphatic heterocycles. The van der Waals surface area contributed by atoms with E-state index in [4.69, 9.17) is 5.21 Å². The van der Waals surface area contributed by atoms with Crippen molar-refractivity contribution >= 4 is 11.8 Å². The topological polar surface area (TPSA) is 82.1 Å². The molecule has 1 atom stereocenters. The first-order valence-electron chi connectivity index (χ1n) is 9.16. The predicted octanol–water partition coefficient (Wildman–Crippen LogP) is 2.59. The maximum Gasteiger partial charge on any atom is 0.573 e. The van der Waals surface area contributed by atoms with Crippen LogP contribution in [0.15, 0.2) is 54.6 Å². The molecule has 0 bridgehead atoms. The summed E-state index contributed by atoms with van der Waals surface area (Å²) < 4.78 is 40.6. The van der Waals surface area contributed by atoms with Gasteiger partial charge in [0.2, 0.25) is 0 Å². The van der Waals surface area contributed by atoms with Gasteiger partial charge in [0.25, 0.3) is 11.8 Å². The number of rotatable bonds is 5. The Morgan fingerprint density at radius 1 is 0.967 bits per heavy atom. The lowest BCUT2D eigenvalue weighted by atomic mass is 10.0. The van der Waals surface area contributed by atoms with E-state index in [9.17, 15) is 22.8 Å². The number of alkyl halides is 3. The van der Waals surface area contributed by atoms with Gasteiger partial charge in [-0.25, -0.2) is 5.48 Å². The smallest absolute Gasteiger partial charge is 0.406 e. The van der Waals surface area contributed by atoms with Crippen molar-refractivity contribution in [1.29, 1.82) is 0 Å². The highest BCUT2D eigenvalue weighted by Gasteiger charge is 2.33. The Kier molecular flexibility index (Phi) is 6.58. The fraction of sp³-hybridized carbons (Fsp3) is 0.300. The Labute approximate surface area is 170 Å². The highest BCUT2D eigenvalue weighted by molar-refractivity contribution is 5.94. The first-order valence-corrected chi connectivity index (χ1v) is 9.16. The zero-order chi connectivity index (χ0) is 21.7. The van der Waals surface area contributed by atoms with Crippen molar-refractivity contribution in [3.63, 3.8) is 0 Å². The highest BCUT2D eigenvalue weighted by atomic mass is 19.4. The maximum absolute atomic E-state index is 12.7. The minimum atomic E-state index is -4.79. The van der Waals surface area contributed by atoms with Gasteiger partial charge in [-0.1, -0.05) is 30.3 Å². The van der Waals surface area contributed by atoms with E-state index in [2.05, 4.69) is 4.74 Å². The molecule has 1 unspecified atom stereocenters. The number of hydroxylamine groups is 1. The average molecular weight is 423 g/mol. The number of piperazine rings is 1. The van der Waals surface area contributed by atoms with Crippen LogP contribution in [0.5, 0.6) is 5.75 Å². The maximum atomic E-state index is 12.7. The second-order valence-electron chi connectivity index (χ2n) is 6.69. The van der Waals surface area contributed by atoms with Gasteiger partial charge in [-0.2, -0.15) is 0 Å². The normalized spacial score (nSPS) is 16.1. The molecule has 3 rings (SSSR count). The summed E-state index contributed by atoms with van der Waals surface area (Å²) in [6.45, 7) is 1.41. The zero-order valence-electron chi connectivity index (χ0n) is 15.8. The van der Waals surface area contributed by atoms with Crippen LogP contribution in [0.25, 0.3) is 0 Å². The van der Waals surface area contributed by atoms with Crippen LogP contribution < -0.4 is 10.2 Å². The monoisotopic (exact) mass is 423 g/mol. The number of carbonyl (C=O) groups excluding carboxylic acids is 2. The van der Waals surface area contributed by atoms with E-state index in [1.807, 2.05) is 11.0 Å². The second kappa shape index (κ2) is 9.14. The Bertz CT molecular complexity index is 867. The van der Waals surface area contributed by atoms with Gasteiger partial charge >= 0.3 is 6.36 Å². The van der Waals surface area contributed by atoms with E-state index in [-0.39, 0.29) is 11.5 Å². The average Bonchev–Trinajstić information content (AvgIpc) is 2.74. The molecule has 1 heterocycles. The first-order chi connectivity index (χ1) is 14.3. The Balaban J connectivity index is 1.64. The van der Waals surface area contributed by atoms with E-state index in [0.717, 1.165) is 12.1 Å². The van der Waals surface area contributed by atoms with E-state index < -0.39 is 24.1 Å². The number of hydrogen-bond acceptors (Lipinski definition) is 5. The standard InChI is InChI=1S/C20H20F3N3O4/c21-20(22,23)30-16-8-6-15(7-9-16)19(28)26-12-10-25(11-13-26)17(18(27)24-29)14-4-2-1-3-5-14/h1-9,17,29H,10-13H2,(H,24,27). The molecule has 2 amide bonds. The van der Waals surface area contributed by atoms with Crippen molar-refractivity contribution in [2.24, 2.45) is 0 Å². The van der Waals surface area contributed by atoms with Gasteiger partial charge in [-0.05, 0) is 29.8 Å². The summed E-state index contributed by atoms with van der Waals surface area (Å²) in [5, 5.41) is 9.11. The molecule has 2 aromatic rings. The quantitative estimate of drug-likeness (QED) is 0.571. The largest absolute Gasteiger partial charge is 0.573 e. The van der Waals surface area contributed by atoms with Crippen LogP contribution in [-0.2, 0) is 4.79 Å². The summed E-state index contributed by atoms with van der Waals surface area (Å²) >= 11 is 0. The van der Waals surface area contributed by atoms with Crippen molar-refractivity contribution in [3.05, 3.63) is 65.7 Å². The number of benzene rings is 2. The Morgan fingerprint density at radius 2 is 1.57 bits per heavy atom. The lowest BCUT2D eigenvalue weighted by Gasteiger charge is -2.38. The first kappa shape index (κ1) is 21.6. The molecule has 0 saturated carbocycles. The van der Waals surface area contributed by atoms with Crippen LogP contribution in [-0.4, -0.2) is 59.4 Å². The zero-order valence-corrected chi connectivity index (χ0v) is 15.8. The summed E-state index contributed by atoms with van der Waals surface area (Å²) in [6.07, 6.45) is -4.79. The summed E-state index contributed by atoms with van der Waals surface area (Å²) in [5.74, 6) is -1.29. The molecule has 7 nitrogen and oxygen atoms in total. The lowest BCUT2D eigenvalue weighted by molar-refractivity contribution is -0.274. The lowest BCUT2D eigenvalue weighted by Crippen LogP contribution is -2.52. The molecule has 2 aromatic carbocycles. The third-order valence-corrected chi connectivity index (χ3v) is 4.78. The van der Waals surface area contributed by atoms with Crippen molar-refractivity contribution in [3.8, 4) is 5.75 Å². The number of nitrogens with zero attached hydrogens (tertiary/aromatic N) is 2. The van der Waals surface area contributed by atoms with Gasteiger partial charge in [0.1, 0.15) is 11.8 Å². The number of halogens is 3. The number of hydrogen-bond donors (Lipinski definition) is 2. The Morgan fingerprint density at radius 3 is 2.10 bits per heavy atom. The van der Waals surface area contributed by atoms with Gasteiger partial charge in [0.05, 0.1) is 0 Å². The van der Waals surface area contributed by atoms with Gasteiger partial charge in [0.15, 0.2) is 0 Å². The van der Waals surface area contributed by atoms with E-state index in [0.29, 0.717) is 31.7 Å². The fourth-order valence-electron chi connectivity index (χ4n) is 3.39. The fourth-order valence-corrected chi connectivity index (χ4v) is 3.39. The molecule has 0 aromatic heterocycles. The van der Waals surface area contributed by atoms with E-state index in [1.54, 1.807) is 34.6 Å². The third kappa shape index (κ3) is 5.28. The van der Waals surface area contributed by atoms with Crippen molar-refractivity contribution in [1.82, 2.24) is 15.3 Å². The molecule has 0 spiro atoms. The van der Waals surface area contributed by atoms with Crippen LogP contribution >= 0.6 is 0 Å². The molecule has 1 fully saturated rings. The van der Waals surface area contributed by atoms with Gasteiger partial charge < -0.3 is 9.64 Å². The SMILES string of the molecule is O=C(NO)C(c1ccccc1)N1CCN(C(=O)c2ccc(OC(F)(F)F)cc2)CC1. The van der Waals surface area contributed by atoms with Crippen LogP contribution in [0.3, 0.4) is 0 Å². The van der Waals surface area contributed by atoms with Gasteiger partial charge in [-0.15, -0.1) is 13.2 Å². The Hall–Kier alpha value is -3.11. The highest BCUT2D eigenvalue weighted by Crippen LogP contribution is 2.25. The van der Waals surface area contributed by atoms with Crippen LogP contribution in [0.4, 0.5) is 13.2 Å². The molecular formula is C20H20F3N3O4. The van der Waals surface area contributed by atoms with E-state index in [1.165, 1.54) is 12.1 Å². The number of nitrogens with one attached hydrogen (secondary N) is 1. The summed E-state index contributed by atoms with van der Waals surface area (Å²) in [6, 6.07) is 13.0. The van der Waals surface area contributed by atoms with Gasteiger partial charge in [0, 0.05) is 31.7 Å². The molecule has 1 saturated heterocycles. The molecule has 0 aliphatic carbocycles. The third-order valence-electron chi connectivity index (χ3n) is 4.78. The summed E-state index contributed by atoms with van der Waals surface area (Å²) in [4.78, 5) is 28.3. The number of ether oxygens (including phenoxy) is 1. The van der Waals surface area contributed by atoms with Crippen LogP contribution in [0.2, 0.25) is 0 Å². The van der Waals surface area contributed by atoms with Crippen LogP contribution in [0.1, 0.15) is 22.0 Å². The van der Waals surface area contributed by atoms with E-state index >= 15 is 0 Å². The second-order valence-corrected chi connectivity index (χ2v) is 6.69. The number of amides is 2.